The molecule has 0 spiro atoms. The molecule has 4 aromatic rings. The standard InChI is InChI=1S/C20H24N6/c1-19(2,3)15-12-23-25-10-8-14(24-18(15)25)11-20(4,5)16-13-21-17-7-6-9-22-26(16)17/h6-10,12-13H,11H2,1-5H3. The van der Waals surface area contributed by atoms with Crippen LogP contribution in [0.2, 0.25) is 0 Å². The van der Waals surface area contributed by atoms with Gasteiger partial charge in [0.1, 0.15) is 0 Å². The van der Waals surface area contributed by atoms with Crippen LogP contribution in [-0.4, -0.2) is 29.2 Å². The molecular weight excluding hydrogens is 324 g/mol. The Balaban J connectivity index is 1.74. The molecule has 0 N–H and O–H groups in total. The van der Waals surface area contributed by atoms with Crippen molar-refractivity contribution in [1.82, 2.24) is 29.2 Å². The van der Waals surface area contributed by atoms with E-state index in [-0.39, 0.29) is 10.8 Å². The fraction of sp³-hybridized carbons (Fsp3) is 0.400. The summed E-state index contributed by atoms with van der Waals surface area (Å²) in [6.07, 6.45) is 8.42. The Morgan fingerprint density at radius 3 is 2.58 bits per heavy atom. The predicted molar refractivity (Wildman–Crippen MR) is 101 cm³/mol. The fourth-order valence-electron chi connectivity index (χ4n) is 3.37. The van der Waals surface area contributed by atoms with Gasteiger partial charge < -0.3 is 0 Å². The van der Waals surface area contributed by atoms with Gasteiger partial charge in [-0.2, -0.15) is 10.2 Å². The van der Waals surface area contributed by atoms with Gasteiger partial charge in [0.15, 0.2) is 11.3 Å². The van der Waals surface area contributed by atoms with E-state index in [1.165, 1.54) is 0 Å². The normalized spacial score (nSPS) is 13.0. The minimum atomic E-state index is -0.152. The number of aromatic nitrogens is 6. The Morgan fingerprint density at radius 2 is 1.81 bits per heavy atom. The second-order valence-corrected chi connectivity index (χ2v) is 8.49. The van der Waals surface area contributed by atoms with Crippen molar-refractivity contribution in [3.05, 3.63) is 59.9 Å². The summed E-state index contributed by atoms with van der Waals surface area (Å²) < 4.78 is 3.77. The molecule has 6 heteroatoms. The van der Waals surface area contributed by atoms with Gasteiger partial charge in [-0.25, -0.2) is 19.0 Å². The highest BCUT2D eigenvalue weighted by molar-refractivity contribution is 5.50. The van der Waals surface area contributed by atoms with Gasteiger partial charge in [0.05, 0.1) is 18.1 Å². The summed E-state index contributed by atoms with van der Waals surface area (Å²) in [5.74, 6) is 0. The average Bonchev–Trinajstić information content (AvgIpc) is 3.18. The fourth-order valence-corrected chi connectivity index (χ4v) is 3.37. The Hall–Kier alpha value is -2.76. The van der Waals surface area contributed by atoms with E-state index in [2.05, 4.69) is 49.8 Å². The zero-order valence-corrected chi connectivity index (χ0v) is 15.9. The third-order valence-corrected chi connectivity index (χ3v) is 4.83. The van der Waals surface area contributed by atoms with E-state index >= 15 is 0 Å². The minimum absolute atomic E-state index is 0.00840. The molecule has 26 heavy (non-hydrogen) atoms. The lowest BCUT2D eigenvalue weighted by Gasteiger charge is -2.23. The summed E-state index contributed by atoms with van der Waals surface area (Å²) >= 11 is 0. The molecule has 0 saturated carbocycles. The van der Waals surface area contributed by atoms with E-state index in [0.717, 1.165) is 34.7 Å². The van der Waals surface area contributed by atoms with Crippen molar-refractivity contribution < 1.29 is 0 Å². The summed E-state index contributed by atoms with van der Waals surface area (Å²) in [5, 5.41) is 8.90. The summed E-state index contributed by atoms with van der Waals surface area (Å²) in [6.45, 7) is 11.0. The molecule has 4 aromatic heterocycles. The van der Waals surface area contributed by atoms with Crippen molar-refractivity contribution in [2.24, 2.45) is 0 Å². The van der Waals surface area contributed by atoms with Gasteiger partial charge in [-0.3, -0.25) is 0 Å². The first kappa shape index (κ1) is 16.7. The number of imidazole rings is 1. The molecule has 0 aliphatic rings. The molecule has 0 amide bonds. The van der Waals surface area contributed by atoms with E-state index in [0.29, 0.717) is 0 Å². The predicted octanol–water partition coefficient (Wildman–Crippen LogP) is 3.59. The van der Waals surface area contributed by atoms with Crippen LogP contribution in [0.1, 0.15) is 51.6 Å². The van der Waals surface area contributed by atoms with E-state index in [4.69, 9.17) is 4.98 Å². The quantitative estimate of drug-likeness (QED) is 0.568. The zero-order chi connectivity index (χ0) is 18.5. The third kappa shape index (κ3) is 2.75. The number of nitrogens with zero attached hydrogens (tertiary/aromatic N) is 6. The summed E-state index contributed by atoms with van der Waals surface area (Å²) in [7, 11) is 0. The van der Waals surface area contributed by atoms with Crippen LogP contribution in [0.4, 0.5) is 0 Å². The van der Waals surface area contributed by atoms with Gasteiger partial charge in [-0.1, -0.05) is 34.6 Å². The van der Waals surface area contributed by atoms with Crippen LogP contribution in [0, 0.1) is 0 Å². The van der Waals surface area contributed by atoms with E-state index in [9.17, 15) is 0 Å². The van der Waals surface area contributed by atoms with Crippen LogP contribution in [0.15, 0.2) is 43.0 Å². The molecule has 0 bridgehead atoms. The summed E-state index contributed by atoms with van der Waals surface area (Å²) in [5.41, 5.74) is 4.94. The van der Waals surface area contributed by atoms with Crippen LogP contribution >= 0.6 is 0 Å². The maximum atomic E-state index is 4.93. The molecule has 0 aliphatic carbocycles. The highest BCUT2D eigenvalue weighted by Crippen LogP contribution is 2.29. The Bertz CT molecular complexity index is 1080. The molecule has 0 radical (unpaired) electrons. The van der Waals surface area contributed by atoms with Gasteiger partial charge in [-0.05, 0) is 23.6 Å². The molecule has 0 unspecified atom stereocenters. The Labute approximate surface area is 152 Å². The SMILES string of the molecule is CC(C)(C)c1cnn2ccc(CC(C)(C)c3cnc4cccnn34)nc12. The van der Waals surface area contributed by atoms with E-state index in [1.807, 2.05) is 45.8 Å². The van der Waals surface area contributed by atoms with Gasteiger partial charge in [0.2, 0.25) is 0 Å². The molecule has 0 aliphatic heterocycles. The van der Waals surface area contributed by atoms with Gasteiger partial charge >= 0.3 is 0 Å². The topological polar surface area (TPSA) is 60.4 Å². The Kier molecular flexibility index (Phi) is 3.61. The first-order chi connectivity index (χ1) is 12.3. The molecule has 0 fully saturated rings. The molecule has 134 valence electrons. The molecular formula is C20H24N6. The van der Waals surface area contributed by atoms with Crippen LogP contribution in [0.5, 0.6) is 0 Å². The highest BCUT2D eigenvalue weighted by atomic mass is 15.3. The van der Waals surface area contributed by atoms with Crippen molar-refractivity contribution in [2.75, 3.05) is 0 Å². The average molecular weight is 348 g/mol. The first-order valence-electron chi connectivity index (χ1n) is 8.89. The minimum Gasteiger partial charge on any atom is -0.235 e. The van der Waals surface area contributed by atoms with Crippen molar-refractivity contribution in [2.45, 2.75) is 51.9 Å². The second-order valence-electron chi connectivity index (χ2n) is 8.49. The molecule has 6 nitrogen and oxygen atoms in total. The summed E-state index contributed by atoms with van der Waals surface area (Å²) in [6, 6.07) is 5.92. The van der Waals surface area contributed by atoms with Gasteiger partial charge in [0, 0.05) is 35.5 Å². The van der Waals surface area contributed by atoms with E-state index in [1.54, 1.807) is 6.20 Å². The van der Waals surface area contributed by atoms with E-state index < -0.39 is 0 Å². The Morgan fingerprint density at radius 1 is 1.00 bits per heavy atom. The zero-order valence-electron chi connectivity index (χ0n) is 15.9. The molecule has 0 atom stereocenters. The monoisotopic (exact) mass is 348 g/mol. The van der Waals surface area contributed by atoms with Crippen LogP contribution in [0.25, 0.3) is 11.3 Å². The van der Waals surface area contributed by atoms with Crippen molar-refractivity contribution in [3.63, 3.8) is 0 Å². The lowest BCUT2D eigenvalue weighted by atomic mass is 9.84. The maximum Gasteiger partial charge on any atom is 0.158 e. The van der Waals surface area contributed by atoms with Gasteiger partial charge in [-0.15, -0.1) is 0 Å². The summed E-state index contributed by atoms with van der Waals surface area (Å²) in [4.78, 5) is 9.41. The molecule has 0 aromatic carbocycles. The first-order valence-corrected chi connectivity index (χ1v) is 8.89. The number of hydrogen-bond donors (Lipinski definition) is 0. The molecule has 4 heterocycles. The van der Waals surface area contributed by atoms with Gasteiger partial charge in [0.25, 0.3) is 0 Å². The van der Waals surface area contributed by atoms with Crippen molar-refractivity contribution >= 4 is 11.3 Å². The largest absolute Gasteiger partial charge is 0.235 e. The van der Waals surface area contributed by atoms with Crippen LogP contribution in [-0.2, 0) is 17.3 Å². The lowest BCUT2D eigenvalue weighted by molar-refractivity contribution is 0.486. The molecule has 4 rings (SSSR count). The number of fused-ring (bicyclic) bond motifs is 2. The third-order valence-electron chi connectivity index (χ3n) is 4.83. The number of rotatable bonds is 3. The maximum absolute atomic E-state index is 4.93. The number of hydrogen-bond acceptors (Lipinski definition) is 4. The van der Waals surface area contributed by atoms with Crippen molar-refractivity contribution in [3.8, 4) is 0 Å². The second kappa shape index (κ2) is 5.62. The highest BCUT2D eigenvalue weighted by Gasteiger charge is 2.27. The lowest BCUT2D eigenvalue weighted by Crippen LogP contribution is -2.24. The van der Waals surface area contributed by atoms with Crippen LogP contribution < -0.4 is 0 Å². The molecule has 0 saturated heterocycles. The van der Waals surface area contributed by atoms with Crippen LogP contribution in [0.3, 0.4) is 0 Å². The smallest absolute Gasteiger partial charge is 0.158 e. The van der Waals surface area contributed by atoms with Crippen molar-refractivity contribution in [1.29, 1.82) is 0 Å².